The second-order valence-electron chi connectivity index (χ2n) is 9.95. The summed E-state index contributed by atoms with van der Waals surface area (Å²) in [5.74, 6) is 3.42. The van der Waals surface area contributed by atoms with Gasteiger partial charge in [-0.25, -0.2) is 0 Å². The topological polar surface area (TPSA) is 50.8 Å². The van der Waals surface area contributed by atoms with E-state index in [1.165, 1.54) is 49.9 Å². The summed E-state index contributed by atoms with van der Waals surface area (Å²) in [6.07, 6.45) is 7.93. The van der Waals surface area contributed by atoms with Crippen LogP contribution in [0.15, 0.2) is 30.3 Å². The smallest absolute Gasteiger partial charge is 0.261 e. The Morgan fingerprint density at radius 1 is 1.16 bits per heavy atom. The summed E-state index contributed by atoms with van der Waals surface area (Å²) in [5, 5.41) is 4.75. The van der Waals surface area contributed by atoms with Crippen LogP contribution in [0.4, 0.5) is 10.7 Å². The molecule has 5 nitrogen and oxygen atoms in total. The first-order chi connectivity index (χ1) is 15.6. The van der Waals surface area contributed by atoms with Crippen molar-refractivity contribution >= 4 is 39.5 Å². The Morgan fingerprint density at radius 3 is 2.66 bits per heavy atom. The number of carbonyl (C=O) groups is 1. The van der Waals surface area contributed by atoms with Gasteiger partial charge < -0.3 is 19.7 Å². The van der Waals surface area contributed by atoms with Gasteiger partial charge in [-0.05, 0) is 86.6 Å². The second kappa shape index (κ2) is 8.23. The first-order valence-electron chi connectivity index (χ1n) is 11.8. The fourth-order valence-corrected chi connectivity index (χ4v) is 7.87. The maximum atomic E-state index is 12.7. The van der Waals surface area contributed by atoms with Gasteiger partial charge in [0.15, 0.2) is 0 Å². The molecule has 7 rings (SSSR count). The third-order valence-electron chi connectivity index (χ3n) is 7.64. The Kier molecular flexibility index (Phi) is 5.35. The number of rotatable bonds is 6. The van der Waals surface area contributed by atoms with Crippen LogP contribution in [0.5, 0.6) is 5.75 Å². The minimum atomic E-state index is -0.0325. The number of halogens is 1. The van der Waals surface area contributed by atoms with Gasteiger partial charge in [0, 0.05) is 11.6 Å². The van der Waals surface area contributed by atoms with Crippen molar-refractivity contribution in [3.63, 3.8) is 0 Å². The minimum Gasteiger partial charge on any atom is -0.490 e. The number of amides is 1. The van der Waals surface area contributed by atoms with Gasteiger partial charge in [0.05, 0.1) is 34.3 Å². The molecule has 1 amide bonds. The van der Waals surface area contributed by atoms with E-state index in [1.54, 1.807) is 0 Å². The Morgan fingerprint density at radius 2 is 1.91 bits per heavy atom. The van der Waals surface area contributed by atoms with Crippen molar-refractivity contribution in [2.45, 2.75) is 44.1 Å². The lowest BCUT2D eigenvalue weighted by Crippen LogP contribution is -2.52. The lowest BCUT2D eigenvalue weighted by molar-refractivity contribution is -0.160. The summed E-state index contributed by atoms with van der Waals surface area (Å²) in [5.41, 5.74) is 1.04. The van der Waals surface area contributed by atoms with E-state index in [9.17, 15) is 4.79 Å². The van der Waals surface area contributed by atoms with E-state index >= 15 is 0 Å². The standard InChI is InChI=1S/C25H29ClN2O3S/c26-19-1-2-21-20(12-19)28(6-8-30-21)23-4-3-22(32-23)24(29)27-5-7-31-25-13-16-9-17(14-25)11-18(10-16)15-25/h1-4,12,16-18H,5-11,13-15H2,(H,27,29). The van der Waals surface area contributed by atoms with E-state index in [2.05, 4.69) is 10.2 Å². The average Bonchev–Trinajstić information content (AvgIpc) is 3.25. The molecule has 0 saturated heterocycles. The summed E-state index contributed by atoms with van der Waals surface area (Å²) in [6, 6.07) is 9.55. The van der Waals surface area contributed by atoms with Gasteiger partial charge in [0.2, 0.25) is 0 Å². The lowest BCUT2D eigenvalue weighted by Gasteiger charge is -2.56. The molecule has 0 unspecified atom stereocenters. The summed E-state index contributed by atoms with van der Waals surface area (Å²) < 4.78 is 12.2. The highest BCUT2D eigenvalue weighted by Crippen LogP contribution is 2.57. The Bertz CT molecular complexity index is 987. The number of nitrogens with zero attached hydrogens (tertiary/aromatic N) is 1. The van der Waals surface area contributed by atoms with Gasteiger partial charge in [-0.3, -0.25) is 4.79 Å². The zero-order valence-electron chi connectivity index (χ0n) is 18.1. The van der Waals surface area contributed by atoms with Crippen molar-refractivity contribution in [1.29, 1.82) is 0 Å². The highest BCUT2D eigenvalue weighted by Gasteiger charge is 2.51. The maximum Gasteiger partial charge on any atom is 0.261 e. The number of thiophene rings is 1. The summed E-state index contributed by atoms with van der Waals surface area (Å²) >= 11 is 7.70. The van der Waals surface area contributed by atoms with Crippen molar-refractivity contribution in [3.05, 3.63) is 40.2 Å². The third kappa shape index (κ3) is 3.91. The first kappa shape index (κ1) is 20.8. The largest absolute Gasteiger partial charge is 0.490 e. The number of hydrogen-bond donors (Lipinski definition) is 1. The van der Waals surface area contributed by atoms with Crippen molar-refractivity contribution in [2.75, 3.05) is 31.2 Å². The van der Waals surface area contributed by atoms with E-state index in [0.717, 1.165) is 40.7 Å². The monoisotopic (exact) mass is 472 g/mol. The van der Waals surface area contributed by atoms with Gasteiger partial charge >= 0.3 is 0 Å². The molecule has 1 aromatic heterocycles. The number of carbonyl (C=O) groups excluding carboxylic acids is 1. The molecule has 1 aliphatic heterocycles. The van der Waals surface area contributed by atoms with Crippen LogP contribution in [-0.2, 0) is 4.74 Å². The Hall–Kier alpha value is -1.76. The first-order valence-corrected chi connectivity index (χ1v) is 13.0. The molecule has 1 N–H and O–H groups in total. The van der Waals surface area contributed by atoms with Crippen LogP contribution in [-0.4, -0.2) is 37.8 Å². The number of hydrogen-bond acceptors (Lipinski definition) is 5. The fourth-order valence-electron chi connectivity index (χ4n) is 6.74. The molecule has 170 valence electrons. The van der Waals surface area contributed by atoms with Gasteiger partial charge in [-0.2, -0.15) is 0 Å². The molecule has 7 heteroatoms. The zero-order chi connectivity index (χ0) is 21.7. The van der Waals surface area contributed by atoms with E-state index in [-0.39, 0.29) is 11.5 Å². The van der Waals surface area contributed by atoms with Crippen LogP contribution in [0.25, 0.3) is 0 Å². The molecule has 1 aromatic carbocycles. The number of anilines is 2. The molecule has 0 spiro atoms. The van der Waals surface area contributed by atoms with Crippen molar-refractivity contribution in [3.8, 4) is 5.75 Å². The molecular formula is C25H29ClN2O3S. The highest BCUT2D eigenvalue weighted by molar-refractivity contribution is 7.18. The van der Waals surface area contributed by atoms with Crippen LogP contribution in [0.3, 0.4) is 0 Å². The van der Waals surface area contributed by atoms with E-state index < -0.39 is 0 Å². The molecule has 0 atom stereocenters. The van der Waals surface area contributed by atoms with Crippen LogP contribution in [0, 0.1) is 17.8 Å². The van der Waals surface area contributed by atoms with Gasteiger partial charge in [-0.1, -0.05) is 11.6 Å². The van der Waals surface area contributed by atoms with E-state index in [1.807, 2.05) is 30.3 Å². The summed E-state index contributed by atoms with van der Waals surface area (Å²) in [4.78, 5) is 15.6. The number of ether oxygens (including phenoxy) is 2. The van der Waals surface area contributed by atoms with Crippen LogP contribution in [0.1, 0.15) is 48.2 Å². The van der Waals surface area contributed by atoms with Gasteiger partial charge in [0.1, 0.15) is 12.4 Å². The van der Waals surface area contributed by atoms with Crippen molar-refractivity contribution < 1.29 is 14.3 Å². The molecule has 32 heavy (non-hydrogen) atoms. The second-order valence-corrected chi connectivity index (χ2v) is 11.5. The lowest BCUT2D eigenvalue weighted by atomic mass is 9.54. The SMILES string of the molecule is O=C(NCCOC12CC3CC(CC(C3)C1)C2)c1ccc(N2CCOc3ccc(Cl)cc32)s1. The van der Waals surface area contributed by atoms with Crippen molar-refractivity contribution in [1.82, 2.24) is 5.32 Å². The molecule has 4 fully saturated rings. The number of benzene rings is 1. The van der Waals surface area contributed by atoms with Crippen LogP contribution < -0.4 is 15.0 Å². The molecular weight excluding hydrogens is 444 g/mol. The summed E-state index contributed by atoms with van der Waals surface area (Å²) in [6.45, 7) is 2.50. The van der Waals surface area contributed by atoms with E-state index in [4.69, 9.17) is 21.1 Å². The molecule has 4 bridgehead atoms. The molecule has 2 aromatic rings. The molecule has 0 radical (unpaired) electrons. The molecule has 5 aliphatic rings. The predicted molar refractivity (Wildman–Crippen MR) is 127 cm³/mol. The molecule has 4 aliphatic carbocycles. The number of fused-ring (bicyclic) bond motifs is 1. The third-order valence-corrected chi connectivity index (χ3v) is 8.99. The fraction of sp³-hybridized carbons (Fsp3) is 0.560. The van der Waals surface area contributed by atoms with Crippen LogP contribution in [0.2, 0.25) is 5.02 Å². The Balaban J connectivity index is 1.05. The normalized spacial score (nSPS) is 30.2. The van der Waals surface area contributed by atoms with E-state index in [0.29, 0.717) is 29.7 Å². The van der Waals surface area contributed by atoms with Crippen LogP contribution >= 0.6 is 22.9 Å². The minimum absolute atomic E-state index is 0.0325. The number of nitrogens with one attached hydrogen (secondary N) is 1. The zero-order valence-corrected chi connectivity index (χ0v) is 19.7. The maximum absolute atomic E-state index is 12.7. The summed E-state index contributed by atoms with van der Waals surface area (Å²) in [7, 11) is 0. The quantitative estimate of drug-likeness (QED) is 0.552. The highest BCUT2D eigenvalue weighted by atomic mass is 35.5. The Labute approximate surface area is 198 Å². The van der Waals surface area contributed by atoms with Gasteiger partial charge in [-0.15, -0.1) is 11.3 Å². The predicted octanol–water partition coefficient (Wildman–Crippen LogP) is 5.65. The average molecular weight is 473 g/mol. The molecule has 2 heterocycles. The van der Waals surface area contributed by atoms with Crippen molar-refractivity contribution in [2.24, 2.45) is 17.8 Å². The van der Waals surface area contributed by atoms with Gasteiger partial charge in [0.25, 0.3) is 5.91 Å². The molecule has 4 saturated carbocycles.